The lowest BCUT2D eigenvalue weighted by Gasteiger charge is -2.30. The number of pyridine rings is 1. The minimum Gasteiger partial charge on any atom is -0.481 e. The highest BCUT2D eigenvalue weighted by atomic mass is 79.9. The van der Waals surface area contributed by atoms with Crippen LogP contribution in [0, 0.1) is 5.41 Å². The number of methoxy groups -OCH3 is 1. The van der Waals surface area contributed by atoms with Gasteiger partial charge in [0.2, 0.25) is 5.88 Å². The first kappa shape index (κ1) is 15.0. The fraction of sp³-hybridized carbons (Fsp3) is 0.538. The molecule has 4 nitrogen and oxygen atoms in total. The number of nitrogens with zero attached hydrogens (tertiary/aromatic N) is 1. The molecule has 0 saturated heterocycles. The summed E-state index contributed by atoms with van der Waals surface area (Å²) in [6.07, 6.45) is 0.0587. The standard InChI is InChI=1S/C13H18BrNO3/c1-13(2,3)9(7-11(16)17)8-5-6-10(14)15-12(8)18-4/h5-6,9H,7H2,1-4H3,(H,16,17). The monoisotopic (exact) mass is 315 g/mol. The number of hydrogen-bond acceptors (Lipinski definition) is 3. The maximum absolute atomic E-state index is 11.0. The summed E-state index contributed by atoms with van der Waals surface area (Å²) in [6, 6.07) is 3.67. The van der Waals surface area contributed by atoms with Crippen molar-refractivity contribution in [3.63, 3.8) is 0 Å². The van der Waals surface area contributed by atoms with E-state index in [1.807, 2.05) is 26.8 Å². The largest absolute Gasteiger partial charge is 0.481 e. The van der Waals surface area contributed by atoms with Crippen LogP contribution >= 0.6 is 15.9 Å². The number of carboxylic acids is 1. The molecule has 0 aliphatic heterocycles. The molecular weight excluding hydrogens is 298 g/mol. The Labute approximate surface area is 116 Å². The van der Waals surface area contributed by atoms with Gasteiger partial charge in [0, 0.05) is 11.5 Å². The molecule has 5 heteroatoms. The third kappa shape index (κ3) is 3.70. The van der Waals surface area contributed by atoms with E-state index >= 15 is 0 Å². The number of hydrogen-bond donors (Lipinski definition) is 1. The van der Waals surface area contributed by atoms with E-state index in [1.165, 1.54) is 0 Å². The Morgan fingerprint density at radius 3 is 2.56 bits per heavy atom. The smallest absolute Gasteiger partial charge is 0.303 e. The SMILES string of the molecule is COc1nc(Br)ccc1C(CC(=O)O)C(C)(C)C. The van der Waals surface area contributed by atoms with Gasteiger partial charge in [0.25, 0.3) is 0 Å². The van der Waals surface area contributed by atoms with E-state index in [4.69, 9.17) is 9.84 Å². The van der Waals surface area contributed by atoms with Crippen molar-refractivity contribution in [2.24, 2.45) is 5.41 Å². The Morgan fingerprint density at radius 2 is 2.11 bits per heavy atom. The molecule has 1 heterocycles. The van der Waals surface area contributed by atoms with E-state index < -0.39 is 5.97 Å². The Balaban J connectivity index is 3.24. The van der Waals surface area contributed by atoms with Crippen molar-refractivity contribution in [2.45, 2.75) is 33.1 Å². The molecule has 1 unspecified atom stereocenters. The van der Waals surface area contributed by atoms with Crippen LogP contribution in [-0.4, -0.2) is 23.2 Å². The third-order valence-corrected chi connectivity index (χ3v) is 3.29. The summed E-state index contributed by atoms with van der Waals surface area (Å²) in [5, 5.41) is 9.06. The molecule has 0 aromatic carbocycles. The topological polar surface area (TPSA) is 59.4 Å². The lowest BCUT2D eigenvalue weighted by Crippen LogP contribution is -2.22. The Bertz CT molecular complexity index is 440. The highest BCUT2D eigenvalue weighted by molar-refractivity contribution is 9.10. The van der Waals surface area contributed by atoms with E-state index in [0.717, 1.165) is 5.56 Å². The summed E-state index contributed by atoms with van der Waals surface area (Å²) in [6.45, 7) is 6.05. The number of aromatic nitrogens is 1. The average molecular weight is 316 g/mol. The average Bonchev–Trinajstić information content (AvgIpc) is 2.24. The molecular formula is C13H18BrNO3. The van der Waals surface area contributed by atoms with Gasteiger partial charge in [0.15, 0.2) is 0 Å². The zero-order valence-electron chi connectivity index (χ0n) is 11.0. The fourth-order valence-electron chi connectivity index (χ4n) is 1.91. The summed E-state index contributed by atoms with van der Waals surface area (Å²) in [5.41, 5.74) is 0.650. The molecule has 0 aliphatic carbocycles. The van der Waals surface area contributed by atoms with Gasteiger partial charge in [0.1, 0.15) is 4.60 Å². The van der Waals surface area contributed by atoms with Crippen LogP contribution in [-0.2, 0) is 4.79 Å². The molecule has 0 fully saturated rings. The zero-order chi connectivity index (χ0) is 13.9. The molecule has 100 valence electrons. The quantitative estimate of drug-likeness (QED) is 0.864. The summed E-state index contributed by atoms with van der Waals surface area (Å²) in [5.74, 6) is -0.490. The van der Waals surface area contributed by atoms with Gasteiger partial charge in [0.05, 0.1) is 13.5 Å². The first-order valence-corrected chi connectivity index (χ1v) is 6.47. The molecule has 0 aliphatic rings. The number of ether oxygens (including phenoxy) is 1. The summed E-state index contributed by atoms with van der Waals surface area (Å²) < 4.78 is 5.92. The summed E-state index contributed by atoms with van der Waals surface area (Å²) in [4.78, 5) is 15.3. The van der Waals surface area contributed by atoms with Gasteiger partial charge in [-0.05, 0) is 27.4 Å². The van der Waals surface area contributed by atoms with Gasteiger partial charge in [-0.15, -0.1) is 0 Å². The van der Waals surface area contributed by atoms with Gasteiger partial charge >= 0.3 is 5.97 Å². The second kappa shape index (κ2) is 5.69. The lowest BCUT2D eigenvalue weighted by molar-refractivity contribution is -0.138. The normalized spacial score (nSPS) is 13.2. The zero-order valence-corrected chi connectivity index (χ0v) is 12.6. The van der Waals surface area contributed by atoms with Crippen LogP contribution in [0.25, 0.3) is 0 Å². The van der Waals surface area contributed by atoms with Crippen LogP contribution in [0.15, 0.2) is 16.7 Å². The maximum atomic E-state index is 11.0. The molecule has 0 spiro atoms. The Kier molecular flexibility index (Phi) is 4.73. The van der Waals surface area contributed by atoms with Crippen LogP contribution in [0.3, 0.4) is 0 Å². The van der Waals surface area contributed by atoms with Crippen molar-refractivity contribution in [2.75, 3.05) is 7.11 Å². The molecule has 1 rings (SSSR count). The van der Waals surface area contributed by atoms with Crippen molar-refractivity contribution in [3.05, 3.63) is 22.3 Å². The number of rotatable bonds is 4. The molecule has 1 N–H and O–H groups in total. The number of aliphatic carboxylic acids is 1. The van der Waals surface area contributed by atoms with Crippen LogP contribution in [0.4, 0.5) is 0 Å². The molecule has 0 saturated carbocycles. The molecule has 18 heavy (non-hydrogen) atoms. The van der Waals surface area contributed by atoms with E-state index in [2.05, 4.69) is 20.9 Å². The van der Waals surface area contributed by atoms with Crippen molar-refractivity contribution in [1.29, 1.82) is 0 Å². The molecule has 1 aromatic heterocycles. The van der Waals surface area contributed by atoms with Crippen molar-refractivity contribution in [1.82, 2.24) is 4.98 Å². The predicted octanol–water partition coefficient (Wildman–Crippen LogP) is 3.46. The highest BCUT2D eigenvalue weighted by Gasteiger charge is 2.31. The van der Waals surface area contributed by atoms with E-state index in [0.29, 0.717) is 10.5 Å². The highest BCUT2D eigenvalue weighted by Crippen LogP contribution is 2.41. The van der Waals surface area contributed by atoms with Crippen molar-refractivity contribution < 1.29 is 14.6 Å². The van der Waals surface area contributed by atoms with E-state index in [1.54, 1.807) is 13.2 Å². The van der Waals surface area contributed by atoms with Gasteiger partial charge in [-0.3, -0.25) is 4.79 Å². The molecule has 1 aromatic rings. The molecule has 0 radical (unpaired) electrons. The van der Waals surface area contributed by atoms with Crippen molar-refractivity contribution in [3.8, 4) is 5.88 Å². The number of carbonyl (C=O) groups is 1. The molecule has 1 atom stereocenters. The van der Waals surface area contributed by atoms with Crippen molar-refractivity contribution >= 4 is 21.9 Å². The van der Waals surface area contributed by atoms with E-state index in [9.17, 15) is 4.79 Å². The first-order valence-electron chi connectivity index (χ1n) is 5.68. The second-order valence-electron chi connectivity index (χ2n) is 5.25. The van der Waals surface area contributed by atoms with Crippen LogP contribution in [0.2, 0.25) is 0 Å². The summed E-state index contributed by atoms with van der Waals surface area (Å²) >= 11 is 3.28. The summed E-state index contributed by atoms with van der Waals surface area (Å²) in [7, 11) is 1.54. The Hall–Kier alpha value is -1.10. The number of carboxylic acid groups (broad SMARTS) is 1. The van der Waals surface area contributed by atoms with Crippen LogP contribution in [0.5, 0.6) is 5.88 Å². The third-order valence-electron chi connectivity index (χ3n) is 2.85. The second-order valence-corrected chi connectivity index (χ2v) is 6.06. The van der Waals surface area contributed by atoms with Gasteiger partial charge in [-0.25, -0.2) is 4.98 Å². The maximum Gasteiger partial charge on any atom is 0.303 e. The minimum absolute atomic E-state index is 0.0587. The van der Waals surface area contributed by atoms with Gasteiger partial charge < -0.3 is 9.84 Å². The predicted molar refractivity (Wildman–Crippen MR) is 72.9 cm³/mol. The van der Waals surface area contributed by atoms with Gasteiger partial charge in [-0.1, -0.05) is 26.8 Å². The number of halogens is 1. The minimum atomic E-state index is -0.820. The first-order chi connectivity index (χ1) is 8.25. The van der Waals surface area contributed by atoms with Gasteiger partial charge in [-0.2, -0.15) is 0 Å². The molecule has 0 amide bonds. The lowest BCUT2D eigenvalue weighted by atomic mass is 9.75. The van der Waals surface area contributed by atoms with E-state index in [-0.39, 0.29) is 17.8 Å². The van der Waals surface area contributed by atoms with Crippen LogP contribution in [0.1, 0.15) is 38.7 Å². The van der Waals surface area contributed by atoms with Crippen LogP contribution < -0.4 is 4.74 Å². The fourth-order valence-corrected chi connectivity index (χ4v) is 2.21. The Morgan fingerprint density at radius 1 is 1.50 bits per heavy atom. The molecule has 0 bridgehead atoms.